The summed E-state index contributed by atoms with van der Waals surface area (Å²) in [6.45, 7) is 7.08. The Morgan fingerprint density at radius 2 is 2.00 bits per heavy atom. The Labute approximate surface area is 128 Å². The highest BCUT2D eigenvalue weighted by Gasteiger charge is 2.30. The number of para-hydroxylation sites is 2. The highest BCUT2D eigenvalue weighted by atomic mass is 15.2. The van der Waals surface area contributed by atoms with Crippen LogP contribution in [0.3, 0.4) is 0 Å². The number of rotatable bonds is 5. The number of benzene rings is 1. The van der Waals surface area contributed by atoms with E-state index in [-0.39, 0.29) is 0 Å². The largest absolute Gasteiger partial charge is 0.330 e. The van der Waals surface area contributed by atoms with Crippen LogP contribution in [-0.2, 0) is 7.05 Å². The predicted molar refractivity (Wildman–Crippen MR) is 88.3 cm³/mol. The van der Waals surface area contributed by atoms with Crippen LogP contribution in [-0.4, -0.2) is 27.5 Å². The van der Waals surface area contributed by atoms with Crippen LogP contribution in [0.25, 0.3) is 11.0 Å². The summed E-state index contributed by atoms with van der Waals surface area (Å²) in [5.74, 6) is 2.07. The van der Waals surface area contributed by atoms with E-state index in [2.05, 4.69) is 54.6 Å². The first kappa shape index (κ1) is 14.6. The Kier molecular flexibility index (Phi) is 4.29. The summed E-state index contributed by atoms with van der Waals surface area (Å²) in [5.41, 5.74) is 2.38. The zero-order valence-electron chi connectivity index (χ0n) is 13.5. The van der Waals surface area contributed by atoms with Crippen molar-refractivity contribution in [1.29, 1.82) is 0 Å². The SMILES string of the molecule is CCC(CC)CN1CCC[C@H]1c1nc2ccccc2n1C. The van der Waals surface area contributed by atoms with Crippen molar-refractivity contribution >= 4 is 11.0 Å². The van der Waals surface area contributed by atoms with Crippen LogP contribution in [0, 0.1) is 5.92 Å². The molecule has 0 radical (unpaired) electrons. The van der Waals surface area contributed by atoms with E-state index in [1.54, 1.807) is 0 Å². The van der Waals surface area contributed by atoms with E-state index < -0.39 is 0 Å². The maximum absolute atomic E-state index is 4.92. The average molecular weight is 285 g/mol. The molecule has 0 spiro atoms. The summed E-state index contributed by atoms with van der Waals surface area (Å²) >= 11 is 0. The fourth-order valence-corrected chi connectivity index (χ4v) is 3.68. The van der Waals surface area contributed by atoms with E-state index in [9.17, 15) is 0 Å². The van der Waals surface area contributed by atoms with E-state index in [0.29, 0.717) is 6.04 Å². The monoisotopic (exact) mass is 285 g/mol. The molecule has 2 aromatic rings. The van der Waals surface area contributed by atoms with E-state index in [4.69, 9.17) is 4.98 Å². The van der Waals surface area contributed by atoms with Gasteiger partial charge in [0.2, 0.25) is 0 Å². The lowest BCUT2D eigenvalue weighted by atomic mass is 10.0. The van der Waals surface area contributed by atoms with Gasteiger partial charge in [0.25, 0.3) is 0 Å². The Hall–Kier alpha value is -1.35. The molecule has 0 unspecified atom stereocenters. The second-order valence-electron chi connectivity index (χ2n) is 6.35. The van der Waals surface area contributed by atoms with Gasteiger partial charge in [0.05, 0.1) is 17.1 Å². The number of nitrogens with zero attached hydrogens (tertiary/aromatic N) is 3. The van der Waals surface area contributed by atoms with Crippen LogP contribution in [0.1, 0.15) is 51.4 Å². The van der Waals surface area contributed by atoms with Crippen molar-refractivity contribution in [3.8, 4) is 0 Å². The minimum Gasteiger partial charge on any atom is -0.330 e. The van der Waals surface area contributed by atoms with Crippen molar-refractivity contribution in [2.24, 2.45) is 13.0 Å². The molecule has 3 nitrogen and oxygen atoms in total. The Morgan fingerprint density at radius 3 is 2.71 bits per heavy atom. The molecule has 3 rings (SSSR count). The van der Waals surface area contributed by atoms with Gasteiger partial charge < -0.3 is 4.57 Å². The number of aromatic nitrogens is 2. The zero-order valence-corrected chi connectivity index (χ0v) is 13.5. The van der Waals surface area contributed by atoms with Gasteiger partial charge in [0.1, 0.15) is 5.82 Å². The van der Waals surface area contributed by atoms with Crippen molar-refractivity contribution in [2.75, 3.05) is 13.1 Å². The predicted octanol–water partition coefficient (Wildman–Crippen LogP) is 4.15. The van der Waals surface area contributed by atoms with Crippen LogP contribution < -0.4 is 0 Å². The summed E-state index contributed by atoms with van der Waals surface area (Å²) < 4.78 is 2.30. The molecule has 1 atom stereocenters. The molecule has 21 heavy (non-hydrogen) atoms. The van der Waals surface area contributed by atoms with Gasteiger partial charge in [-0.1, -0.05) is 38.8 Å². The molecule has 0 bridgehead atoms. The normalized spacial score (nSPS) is 19.9. The molecule has 114 valence electrons. The van der Waals surface area contributed by atoms with Gasteiger partial charge in [-0.2, -0.15) is 0 Å². The molecule has 1 saturated heterocycles. The smallest absolute Gasteiger partial charge is 0.127 e. The van der Waals surface area contributed by atoms with E-state index in [0.717, 1.165) is 11.4 Å². The number of aryl methyl sites for hydroxylation is 1. The molecule has 1 fully saturated rings. The molecule has 0 saturated carbocycles. The lowest BCUT2D eigenvalue weighted by Gasteiger charge is -2.27. The Bertz CT molecular complexity index is 598. The average Bonchev–Trinajstić information content (AvgIpc) is 3.09. The molecule has 0 aliphatic carbocycles. The topological polar surface area (TPSA) is 21.1 Å². The van der Waals surface area contributed by atoms with Crippen LogP contribution in [0.5, 0.6) is 0 Å². The van der Waals surface area contributed by atoms with Crippen LogP contribution in [0.15, 0.2) is 24.3 Å². The van der Waals surface area contributed by atoms with Gasteiger partial charge in [0.15, 0.2) is 0 Å². The minimum atomic E-state index is 0.503. The van der Waals surface area contributed by atoms with E-state index in [1.807, 2.05) is 0 Å². The lowest BCUT2D eigenvalue weighted by Crippen LogP contribution is -2.30. The van der Waals surface area contributed by atoms with Crippen molar-refractivity contribution in [2.45, 2.75) is 45.6 Å². The Morgan fingerprint density at radius 1 is 1.24 bits per heavy atom. The summed E-state index contributed by atoms with van der Waals surface area (Å²) in [4.78, 5) is 7.59. The minimum absolute atomic E-state index is 0.503. The maximum Gasteiger partial charge on any atom is 0.127 e. The fraction of sp³-hybridized carbons (Fsp3) is 0.611. The maximum atomic E-state index is 4.92. The molecular weight excluding hydrogens is 258 g/mol. The highest BCUT2D eigenvalue weighted by molar-refractivity contribution is 5.75. The third-order valence-corrected chi connectivity index (χ3v) is 5.13. The van der Waals surface area contributed by atoms with Gasteiger partial charge in [0, 0.05) is 13.6 Å². The summed E-state index contributed by atoms with van der Waals surface area (Å²) in [6.07, 6.45) is 5.11. The molecule has 1 aliphatic rings. The molecule has 1 aromatic carbocycles. The quantitative estimate of drug-likeness (QED) is 0.823. The second-order valence-corrected chi connectivity index (χ2v) is 6.35. The molecular formula is C18H27N3. The fourth-order valence-electron chi connectivity index (χ4n) is 3.68. The van der Waals surface area contributed by atoms with Gasteiger partial charge >= 0.3 is 0 Å². The van der Waals surface area contributed by atoms with Crippen molar-refractivity contribution in [1.82, 2.24) is 14.5 Å². The first-order valence-corrected chi connectivity index (χ1v) is 8.40. The van der Waals surface area contributed by atoms with E-state index >= 15 is 0 Å². The molecule has 1 aliphatic heterocycles. The van der Waals surface area contributed by atoms with Crippen molar-refractivity contribution in [3.05, 3.63) is 30.1 Å². The van der Waals surface area contributed by atoms with E-state index in [1.165, 1.54) is 50.1 Å². The summed E-state index contributed by atoms with van der Waals surface area (Å²) in [5, 5.41) is 0. The first-order valence-electron chi connectivity index (χ1n) is 8.40. The number of likely N-dealkylation sites (tertiary alicyclic amines) is 1. The van der Waals surface area contributed by atoms with Gasteiger partial charge in [-0.3, -0.25) is 4.90 Å². The van der Waals surface area contributed by atoms with Gasteiger partial charge in [-0.05, 0) is 37.4 Å². The number of hydrogen-bond acceptors (Lipinski definition) is 2. The second kappa shape index (κ2) is 6.18. The van der Waals surface area contributed by atoms with Gasteiger partial charge in [-0.15, -0.1) is 0 Å². The van der Waals surface area contributed by atoms with Crippen LogP contribution >= 0.6 is 0 Å². The molecule has 0 N–H and O–H groups in total. The van der Waals surface area contributed by atoms with Gasteiger partial charge in [-0.25, -0.2) is 4.98 Å². The first-order chi connectivity index (χ1) is 10.2. The summed E-state index contributed by atoms with van der Waals surface area (Å²) in [6, 6.07) is 8.98. The van der Waals surface area contributed by atoms with Crippen molar-refractivity contribution < 1.29 is 0 Å². The molecule has 1 aromatic heterocycles. The summed E-state index contributed by atoms with van der Waals surface area (Å²) in [7, 11) is 2.16. The number of imidazole rings is 1. The molecule has 3 heteroatoms. The van der Waals surface area contributed by atoms with Crippen LogP contribution in [0.4, 0.5) is 0 Å². The van der Waals surface area contributed by atoms with Crippen LogP contribution in [0.2, 0.25) is 0 Å². The third-order valence-electron chi connectivity index (χ3n) is 5.13. The van der Waals surface area contributed by atoms with Crippen molar-refractivity contribution in [3.63, 3.8) is 0 Å². The standard InChI is InChI=1S/C18H27N3/c1-4-14(5-2)13-21-12-8-11-17(21)18-19-15-9-6-7-10-16(15)20(18)3/h6-7,9-10,14,17H,4-5,8,11-13H2,1-3H3/t17-/m0/s1. The Balaban J connectivity index is 1.88. The zero-order chi connectivity index (χ0) is 14.8. The lowest BCUT2D eigenvalue weighted by molar-refractivity contribution is 0.201. The number of hydrogen-bond donors (Lipinski definition) is 0. The highest BCUT2D eigenvalue weighted by Crippen LogP contribution is 2.33. The number of fused-ring (bicyclic) bond motifs is 1. The molecule has 2 heterocycles. The third kappa shape index (κ3) is 2.71. The molecule has 0 amide bonds.